The number of nitrogens with two attached hydrogens (primary N) is 1. The van der Waals surface area contributed by atoms with Gasteiger partial charge in [-0.2, -0.15) is 0 Å². The van der Waals surface area contributed by atoms with Gasteiger partial charge in [0.25, 0.3) is 0 Å². The number of aryl methyl sites for hydroxylation is 1. The molecule has 0 aliphatic rings. The molecule has 0 atom stereocenters. The van der Waals surface area contributed by atoms with Gasteiger partial charge in [0.05, 0.1) is 0 Å². The number of aromatic nitrogens is 1. The lowest BCUT2D eigenvalue weighted by atomic mass is 9.96. The van der Waals surface area contributed by atoms with Gasteiger partial charge < -0.3 is 10.3 Å². The van der Waals surface area contributed by atoms with Crippen molar-refractivity contribution in [2.75, 3.05) is 0 Å². The highest BCUT2D eigenvalue weighted by molar-refractivity contribution is 5.36. The minimum atomic E-state index is -0.716. The predicted octanol–water partition coefficient (Wildman–Crippen LogP) is 2.48. The maximum absolute atomic E-state index is 13.0. The van der Waals surface area contributed by atoms with Crippen molar-refractivity contribution >= 4 is 0 Å². The van der Waals surface area contributed by atoms with E-state index < -0.39 is 5.54 Å². The number of halogens is 1. The van der Waals surface area contributed by atoms with Crippen LogP contribution in [0.25, 0.3) is 5.69 Å². The lowest BCUT2D eigenvalue weighted by Gasteiger charge is -2.21. The summed E-state index contributed by atoms with van der Waals surface area (Å²) < 4.78 is 14.8. The molecule has 0 fully saturated rings. The molecule has 0 saturated carbocycles. The molecule has 0 aliphatic carbocycles. The Morgan fingerprint density at radius 1 is 1.21 bits per heavy atom. The van der Waals surface area contributed by atoms with E-state index in [4.69, 9.17) is 5.73 Å². The second-order valence-corrected chi connectivity index (χ2v) is 5.26. The van der Waals surface area contributed by atoms with Crippen molar-refractivity contribution < 1.29 is 4.39 Å². The van der Waals surface area contributed by atoms with E-state index in [1.807, 2.05) is 11.5 Å². The molecule has 2 aromatic rings. The van der Waals surface area contributed by atoms with E-state index in [2.05, 4.69) is 0 Å². The van der Waals surface area contributed by atoms with Gasteiger partial charge in [-0.15, -0.1) is 0 Å². The first-order valence-corrected chi connectivity index (χ1v) is 6.07. The normalized spacial score (nSPS) is 11.6. The molecule has 2 rings (SSSR count). The van der Waals surface area contributed by atoms with Gasteiger partial charge in [0.15, 0.2) is 5.43 Å². The monoisotopic (exact) mass is 260 g/mol. The summed E-state index contributed by atoms with van der Waals surface area (Å²) >= 11 is 0. The SMILES string of the molecule is Cc1cc(=O)c(C(C)(C)N)cn1-c1ccc(F)cc1. The molecule has 0 unspecified atom stereocenters. The van der Waals surface area contributed by atoms with E-state index in [0.717, 1.165) is 11.4 Å². The van der Waals surface area contributed by atoms with Crippen molar-refractivity contribution in [3.63, 3.8) is 0 Å². The van der Waals surface area contributed by atoms with Crippen molar-refractivity contribution in [1.29, 1.82) is 0 Å². The van der Waals surface area contributed by atoms with Crippen LogP contribution >= 0.6 is 0 Å². The summed E-state index contributed by atoms with van der Waals surface area (Å²) in [7, 11) is 0. The Morgan fingerprint density at radius 3 is 2.32 bits per heavy atom. The minimum Gasteiger partial charge on any atom is -0.322 e. The summed E-state index contributed by atoms with van der Waals surface area (Å²) in [5.41, 5.74) is 7.32. The van der Waals surface area contributed by atoms with E-state index in [-0.39, 0.29) is 11.2 Å². The molecule has 0 spiro atoms. The van der Waals surface area contributed by atoms with Crippen molar-refractivity contribution in [2.24, 2.45) is 5.73 Å². The Bertz CT molecular complexity index is 651. The van der Waals surface area contributed by atoms with Gasteiger partial charge in [-0.1, -0.05) is 0 Å². The van der Waals surface area contributed by atoms with Gasteiger partial charge in [-0.25, -0.2) is 4.39 Å². The standard InChI is InChI=1S/C15H17FN2O/c1-10-8-14(19)13(15(2,3)17)9-18(10)12-6-4-11(16)5-7-12/h4-9H,17H2,1-3H3. The third kappa shape index (κ3) is 2.74. The molecular formula is C15H17FN2O. The highest BCUT2D eigenvalue weighted by Gasteiger charge is 2.19. The smallest absolute Gasteiger partial charge is 0.186 e. The zero-order chi connectivity index (χ0) is 14.2. The van der Waals surface area contributed by atoms with E-state index in [1.54, 1.807) is 38.2 Å². The number of nitrogens with zero attached hydrogens (tertiary/aromatic N) is 1. The Balaban J connectivity index is 2.64. The van der Waals surface area contributed by atoms with Crippen LogP contribution in [0.2, 0.25) is 0 Å². The van der Waals surface area contributed by atoms with E-state index >= 15 is 0 Å². The van der Waals surface area contributed by atoms with Crippen molar-refractivity contribution in [3.8, 4) is 5.69 Å². The van der Waals surface area contributed by atoms with Gasteiger partial charge in [-0.05, 0) is 45.0 Å². The summed E-state index contributed by atoms with van der Waals surface area (Å²) in [5.74, 6) is -0.290. The first-order chi connectivity index (χ1) is 8.79. The topological polar surface area (TPSA) is 48.0 Å². The van der Waals surface area contributed by atoms with Gasteiger partial charge in [0, 0.05) is 34.7 Å². The second kappa shape index (κ2) is 4.63. The van der Waals surface area contributed by atoms with Crippen LogP contribution in [0.15, 0.2) is 41.3 Å². The quantitative estimate of drug-likeness (QED) is 0.901. The molecular weight excluding hydrogens is 243 g/mol. The average molecular weight is 260 g/mol. The molecule has 3 nitrogen and oxygen atoms in total. The molecule has 19 heavy (non-hydrogen) atoms. The summed E-state index contributed by atoms with van der Waals surface area (Å²) in [6, 6.07) is 7.66. The Kier molecular flexibility index (Phi) is 3.28. The van der Waals surface area contributed by atoms with Crippen LogP contribution < -0.4 is 11.2 Å². The van der Waals surface area contributed by atoms with Gasteiger partial charge in [0.1, 0.15) is 5.82 Å². The molecule has 100 valence electrons. The first kappa shape index (κ1) is 13.5. The van der Waals surface area contributed by atoms with Gasteiger partial charge >= 0.3 is 0 Å². The fourth-order valence-electron chi connectivity index (χ4n) is 2.00. The molecule has 0 saturated heterocycles. The van der Waals surface area contributed by atoms with E-state index in [1.165, 1.54) is 12.1 Å². The molecule has 0 bridgehead atoms. The van der Waals surface area contributed by atoms with Crippen molar-refractivity contribution in [1.82, 2.24) is 4.57 Å². The maximum Gasteiger partial charge on any atom is 0.186 e. The zero-order valence-corrected chi connectivity index (χ0v) is 11.3. The van der Waals surface area contributed by atoms with Crippen molar-refractivity contribution in [2.45, 2.75) is 26.3 Å². The lowest BCUT2D eigenvalue weighted by molar-refractivity contribution is 0.544. The average Bonchev–Trinajstić information content (AvgIpc) is 2.29. The first-order valence-electron chi connectivity index (χ1n) is 6.07. The largest absolute Gasteiger partial charge is 0.322 e. The summed E-state index contributed by atoms with van der Waals surface area (Å²) in [4.78, 5) is 12.0. The number of pyridine rings is 1. The molecule has 1 aromatic heterocycles. The number of benzene rings is 1. The summed E-state index contributed by atoms with van der Waals surface area (Å²) in [6.45, 7) is 5.40. The van der Waals surface area contributed by atoms with Crippen LogP contribution in [0, 0.1) is 12.7 Å². The third-order valence-corrected chi connectivity index (χ3v) is 3.04. The van der Waals surface area contributed by atoms with E-state index in [9.17, 15) is 9.18 Å². The molecule has 1 heterocycles. The number of hydrogen-bond donors (Lipinski definition) is 1. The van der Waals surface area contributed by atoms with Crippen LogP contribution in [0.1, 0.15) is 25.1 Å². The summed E-state index contributed by atoms with van der Waals surface area (Å²) in [6.07, 6.45) is 1.73. The molecule has 0 amide bonds. The Morgan fingerprint density at radius 2 is 1.79 bits per heavy atom. The number of rotatable bonds is 2. The number of hydrogen-bond acceptors (Lipinski definition) is 2. The van der Waals surface area contributed by atoms with Crippen LogP contribution in [-0.2, 0) is 5.54 Å². The van der Waals surface area contributed by atoms with Crippen LogP contribution in [0.3, 0.4) is 0 Å². The summed E-state index contributed by atoms with van der Waals surface area (Å²) in [5, 5.41) is 0. The fourth-order valence-corrected chi connectivity index (χ4v) is 2.00. The second-order valence-electron chi connectivity index (χ2n) is 5.26. The molecule has 4 heteroatoms. The molecule has 1 aromatic carbocycles. The van der Waals surface area contributed by atoms with E-state index in [0.29, 0.717) is 5.56 Å². The molecule has 0 aliphatic heterocycles. The maximum atomic E-state index is 13.0. The van der Waals surface area contributed by atoms with Crippen LogP contribution in [0.5, 0.6) is 0 Å². The van der Waals surface area contributed by atoms with Crippen molar-refractivity contribution in [3.05, 3.63) is 63.8 Å². The third-order valence-electron chi connectivity index (χ3n) is 3.04. The lowest BCUT2D eigenvalue weighted by Crippen LogP contribution is -2.35. The highest BCUT2D eigenvalue weighted by Crippen LogP contribution is 2.17. The van der Waals surface area contributed by atoms with Gasteiger partial charge in [0.2, 0.25) is 0 Å². The minimum absolute atomic E-state index is 0.0802. The fraction of sp³-hybridized carbons (Fsp3) is 0.267. The Hall–Kier alpha value is -1.94. The van der Waals surface area contributed by atoms with Gasteiger partial charge in [-0.3, -0.25) is 4.79 Å². The predicted molar refractivity (Wildman–Crippen MR) is 73.9 cm³/mol. The molecule has 0 radical (unpaired) electrons. The zero-order valence-electron chi connectivity index (χ0n) is 11.3. The Labute approximate surface area is 111 Å². The highest BCUT2D eigenvalue weighted by atomic mass is 19.1. The van der Waals surface area contributed by atoms with Crippen LogP contribution in [-0.4, -0.2) is 4.57 Å². The molecule has 2 N–H and O–H groups in total. The van der Waals surface area contributed by atoms with Crippen LogP contribution in [0.4, 0.5) is 4.39 Å².